The lowest BCUT2D eigenvalue weighted by Gasteiger charge is -2.10. The molecule has 100 valence electrons. The predicted octanol–water partition coefficient (Wildman–Crippen LogP) is 3.99. The van der Waals surface area contributed by atoms with Gasteiger partial charge in [-0.1, -0.05) is 12.1 Å². The highest BCUT2D eigenvalue weighted by Crippen LogP contribution is 2.21. The Bertz CT molecular complexity index is 590. The van der Waals surface area contributed by atoms with Crippen molar-refractivity contribution in [2.45, 2.75) is 19.4 Å². The molecule has 0 atom stereocenters. The van der Waals surface area contributed by atoms with Crippen LogP contribution < -0.4 is 4.74 Å². The second-order valence-electron chi connectivity index (χ2n) is 4.03. The molecule has 2 nitrogen and oxygen atoms in total. The third-order valence-corrected chi connectivity index (χ3v) is 2.87. The van der Waals surface area contributed by atoms with Crippen molar-refractivity contribution in [3.05, 3.63) is 58.9 Å². The van der Waals surface area contributed by atoms with Crippen LogP contribution in [0.4, 0.5) is 8.78 Å². The number of hydrogen-bond donors (Lipinski definition) is 0. The Morgan fingerprint density at radius 1 is 1.21 bits per heavy atom. The Kier molecular flexibility index (Phi) is 4.32. The molecule has 2 rings (SSSR count). The van der Waals surface area contributed by atoms with Gasteiger partial charge in [-0.05, 0) is 25.1 Å². The molecule has 0 N–H and O–H groups in total. The van der Waals surface area contributed by atoms with Crippen LogP contribution in [0.25, 0.3) is 0 Å². The van der Waals surface area contributed by atoms with Gasteiger partial charge in [0.1, 0.15) is 12.4 Å². The fourth-order valence-electron chi connectivity index (χ4n) is 1.64. The molecule has 2 aromatic rings. The summed E-state index contributed by atoms with van der Waals surface area (Å²) in [6.45, 7) is 1.77. The van der Waals surface area contributed by atoms with E-state index in [9.17, 15) is 8.78 Å². The van der Waals surface area contributed by atoms with Gasteiger partial charge in [0, 0.05) is 11.3 Å². The Morgan fingerprint density at radius 2 is 2.00 bits per heavy atom. The topological polar surface area (TPSA) is 22.1 Å². The Balaban J connectivity index is 2.17. The molecule has 1 aromatic heterocycles. The van der Waals surface area contributed by atoms with E-state index in [-0.39, 0.29) is 18.1 Å². The van der Waals surface area contributed by atoms with Crippen molar-refractivity contribution >= 4 is 11.6 Å². The number of hydrogen-bond acceptors (Lipinski definition) is 2. The van der Waals surface area contributed by atoms with Gasteiger partial charge in [0.05, 0.1) is 11.6 Å². The van der Waals surface area contributed by atoms with Crippen LogP contribution in [-0.4, -0.2) is 4.98 Å². The van der Waals surface area contributed by atoms with Crippen LogP contribution in [0.1, 0.15) is 17.0 Å². The number of halogens is 3. The number of rotatable bonds is 4. The minimum Gasteiger partial charge on any atom is -0.487 e. The molecule has 0 bridgehead atoms. The van der Waals surface area contributed by atoms with Crippen molar-refractivity contribution < 1.29 is 13.5 Å². The SMILES string of the molecule is Cc1ccc(OCc2cccc(F)c2F)c(CCl)n1. The van der Waals surface area contributed by atoms with Gasteiger partial charge in [0.2, 0.25) is 0 Å². The summed E-state index contributed by atoms with van der Waals surface area (Å²) in [6.07, 6.45) is 0. The summed E-state index contributed by atoms with van der Waals surface area (Å²) in [5.74, 6) is -1.11. The first-order valence-electron chi connectivity index (χ1n) is 5.70. The summed E-state index contributed by atoms with van der Waals surface area (Å²) in [5, 5.41) is 0. The minimum absolute atomic E-state index is 0.0712. The molecule has 0 aliphatic rings. The average molecular weight is 284 g/mol. The van der Waals surface area contributed by atoms with Crippen molar-refractivity contribution in [2.75, 3.05) is 0 Å². The molecule has 19 heavy (non-hydrogen) atoms. The van der Waals surface area contributed by atoms with Crippen molar-refractivity contribution in [1.82, 2.24) is 4.98 Å². The summed E-state index contributed by atoms with van der Waals surface area (Å²) < 4.78 is 31.9. The van der Waals surface area contributed by atoms with Crippen LogP contribution in [0.3, 0.4) is 0 Å². The summed E-state index contributed by atoms with van der Waals surface area (Å²) >= 11 is 5.77. The molecule has 0 unspecified atom stereocenters. The molecule has 0 fully saturated rings. The number of ether oxygens (including phenoxy) is 1. The number of benzene rings is 1. The van der Waals surface area contributed by atoms with Crippen molar-refractivity contribution in [2.24, 2.45) is 0 Å². The van der Waals surface area contributed by atoms with Gasteiger partial charge in [0.15, 0.2) is 11.6 Å². The number of nitrogens with zero attached hydrogens (tertiary/aromatic N) is 1. The van der Waals surface area contributed by atoms with E-state index in [1.807, 2.05) is 6.92 Å². The van der Waals surface area contributed by atoms with Crippen LogP contribution >= 0.6 is 11.6 Å². The monoisotopic (exact) mass is 283 g/mol. The van der Waals surface area contributed by atoms with E-state index in [1.165, 1.54) is 12.1 Å². The highest BCUT2D eigenvalue weighted by molar-refractivity contribution is 6.17. The number of aryl methyl sites for hydroxylation is 1. The third kappa shape index (κ3) is 3.20. The molecule has 0 radical (unpaired) electrons. The Hall–Kier alpha value is -1.68. The van der Waals surface area contributed by atoms with Crippen molar-refractivity contribution in [3.8, 4) is 5.75 Å². The molecule has 0 saturated carbocycles. The normalized spacial score (nSPS) is 10.5. The molecule has 0 aliphatic carbocycles. The fourth-order valence-corrected chi connectivity index (χ4v) is 1.83. The predicted molar refractivity (Wildman–Crippen MR) is 69.2 cm³/mol. The Labute approximate surface area is 115 Å². The minimum atomic E-state index is -0.894. The van der Waals surface area contributed by atoms with E-state index >= 15 is 0 Å². The summed E-state index contributed by atoms with van der Waals surface area (Å²) in [4.78, 5) is 4.22. The van der Waals surface area contributed by atoms with Gasteiger partial charge in [-0.25, -0.2) is 8.78 Å². The molecule has 0 spiro atoms. The van der Waals surface area contributed by atoms with Crippen LogP contribution in [0.5, 0.6) is 5.75 Å². The van der Waals surface area contributed by atoms with E-state index in [4.69, 9.17) is 16.3 Å². The lowest BCUT2D eigenvalue weighted by Crippen LogP contribution is -2.03. The summed E-state index contributed by atoms with van der Waals surface area (Å²) in [7, 11) is 0. The van der Waals surface area contributed by atoms with Gasteiger partial charge >= 0.3 is 0 Å². The third-order valence-electron chi connectivity index (χ3n) is 2.61. The second kappa shape index (κ2) is 5.97. The number of pyridine rings is 1. The largest absolute Gasteiger partial charge is 0.487 e. The molecule has 0 saturated heterocycles. The molecule has 0 amide bonds. The van der Waals surface area contributed by atoms with E-state index in [2.05, 4.69) is 4.98 Å². The van der Waals surface area contributed by atoms with Gasteiger partial charge in [-0.3, -0.25) is 4.98 Å². The van der Waals surface area contributed by atoms with E-state index in [1.54, 1.807) is 12.1 Å². The second-order valence-corrected chi connectivity index (χ2v) is 4.30. The maximum absolute atomic E-state index is 13.5. The fraction of sp³-hybridized carbons (Fsp3) is 0.214. The van der Waals surface area contributed by atoms with Crippen LogP contribution in [-0.2, 0) is 12.5 Å². The van der Waals surface area contributed by atoms with Gasteiger partial charge in [-0.15, -0.1) is 11.6 Å². The van der Waals surface area contributed by atoms with Crippen LogP contribution in [0.2, 0.25) is 0 Å². The molecular formula is C14H12ClF2NO. The first kappa shape index (κ1) is 13.7. The number of alkyl halides is 1. The lowest BCUT2D eigenvalue weighted by atomic mass is 10.2. The molecule has 0 aliphatic heterocycles. The van der Waals surface area contributed by atoms with Gasteiger partial charge < -0.3 is 4.74 Å². The van der Waals surface area contributed by atoms with Crippen molar-refractivity contribution in [3.63, 3.8) is 0 Å². The zero-order valence-corrected chi connectivity index (χ0v) is 11.0. The summed E-state index contributed by atoms with van der Waals surface area (Å²) in [5.41, 5.74) is 1.56. The zero-order valence-electron chi connectivity index (χ0n) is 10.3. The quantitative estimate of drug-likeness (QED) is 0.792. The standard InChI is InChI=1S/C14H12ClF2NO/c1-9-5-6-13(12(7-15)18-9)19-8-10-3-2-4-11(16)14(10)17/h2-6H,7-8H2,1H3. The van der Waals surface area contributed by atoms with Gasteiger partial charge in [0.25, 0.3) is 0 Å². The van der Waals surface area contributed by atoms with Crippen molar-refractivity contribution in [1.29, 1.82) is 0 Å². The Morgan fingerprint density at radius 3 is 2.74 bits per heavy atom. The highest BCUT2D eigenvalue weighted by atomic mass is 35.5. The molecule has 1 heterocycles. The summed E-state index contributed by atoms with van der Waals surface area (Å²) in [6, 6.07) is 7.47. The molecule has 5 heteroatoms. The number of aromatic nitrogens is 1. The molecular weight excluding hydrogens is 272 g/mol. The maximum atomic E-state index is 13.5. The zero-order chi connectivity index (χ0) is 13.8. The highest BCUT2D eigenvalue weighted by Gasteiger charge is 2.10. The van der Waals surface area contributed by atoms with Gasteiger partial charge in [-0.2, -0.15) is 0 Å². The first-order valence-corrected chi connectivity index (χ1v) is 6.23. The van der Waals surface area contributed by atoms with Crippen LogP contribution in [0, 0.1) is 18.6 Å². The lowest BCUT2D eigenvalue weighted by molar-refractivity contribution is 0.293. The van der Waals surface area contributed by atoms with E-state index in [0.29, 0.717) is 11.4 Å². The molecule has 1 aromatic carbocycles. The van der Waals surface area contributed by atoms with E-state index in [0.717, 1.165) is 11.8 Å². The average Bonchev–Trinajstić information content (AvgIpc) is 2.41. The smallest absolute Gasteiger partial charge is 0.165 e. The van der Waals surface area contributed by atoms with E-state index < -0.39 is 11.6 Å². The first-order chi connectivity index (χ1) is 9.11. The van der Waals surface area contributed by atoms with Crippen LogP contribution in [0.15, 0.2) is 30.3 Å². The maximum Gasteiger partial charge on any atom is 0.165 e.